The Kier molecular flexibility index (Phi) is 7.18. The van der Waals surface area contributed by atoms with E-state index in [4.69, 9.17) is 5.73 Å². The van der Waals surface area contributed by atoms with E-state index in [1.54, 1.807) is 0 Å². The first kappa shape index (κ1) is 17.7. The van der Waals surface area contributed by atoms with Gasteiger partial charge in [0, 0.05) is 18.1 Å². The first-order chi connectivity index (χ1) is 7.84. The van der Waals surface area contributed by atoms with Crippen molar-refractivity contribution >= 4 is 18.3 Å². The van der Waals surface area contributed by atoms with E-state index in [-0.39, 0.29) is 29.9 Å². The Morgan fingerprint density at radius 3 is 2.61 bits per heavy atom. The number of carbonyl (C=O) groups excluding carboxylic acids is 1. The van der Waals surface area contributed by atoms with Gasteiger partial charge in [0.2, 0.25) is 5.91 Å². The van der Waals surface area contributed by atoms with Crippen molar-refractivity contribution in [2.75, 3.05) is 19.6 Å². The van der Waals surface area contributed by atoms with Crippen molar-refractivity contribution in [1.82, 2.24) is 10.2 Å². The molecule has 0 aromatic heterocycles. The second-order valence-electron chi connectivity index (χ2n) is 5.93. The molecular weight excluding hydrogens is 250 g/mol. The van der Waals surface area contributed by atoms with E-state index in [0.29, 0.717) is 12.5 Å². The van der Waals surface area contributed by atoms with Gasteiger partial charge in [-0.25, -0.2) is 0 Å². The van der Waals surface area contributed by atoms with Gasteiger partial charge in [0.05, 0.1) is 6.54 Å². The van der Waals surface area contributed by atoms with Crippen LogP contribution in [0.4, 0.5) is 0 Å². The average Bonchev–Trinajstić information content (AvgIpc) is 2.65. The monoisotopic (exact) mass is 277 g/mol. The van der Waals surface area contributed by atoms with Gasteiger partial charge in [-0.3, -0.25) is 9.69 Å². The molecule has 0 radical (unpaired) electrons. The lowest BCUT2D eigenvalue weighted by atomic mass is 10.0. The molecule has 3 N–H and O–H groups in total. The van der Waals surface area contributed by atoms with Crippen molar-refractivity contribution in [3.8, 4) is 0 Å². The Labute approximate surface area is 117 Å². The summed E-state index contributed by atoms with van der Waals surface area (Å²) < 4.78 is 0. The third-order valence-corrected chi connectivity index (χ3v) is 3.78. The van der Waals surface area contributed by atoms with Crippen molar-refractivity contribution in [3.63, 3.8) is 0 Å². The van der Waals surface area contributed by atoms with Gasteiger partial charge >= 0.3 is 0 Å². The smallest absolute Gasteiger partial charge is 0.234 e. The molecule has 4 nitrogen and oxygen atoms in total. The number of rotatable bonds is 5. The Morgan fingerprint density at radius 1 is 1.56 bits per heavy atom. The Morgan fingerprint density at radius 2 is 2.17 bits per heavy atom. The van der Waals surface area contributed by atoms with Crippen molar-refractivity contribution in [2.45, 2.75) is 52.1 Å². The maximum Gasteiger partial charge on any atom is 0.234 e. The summed E-state index contributed by atoms with van der Waals surface area (Å²) in [5, 5.41) is 3.07. The Hall–Kier alpha value is -0.320. The number of amides is 1. The molecule has 2 unspecified atom stereocenters. The molecule has 1 saturated heterocycles. The molecule has 1 heterocycles. The molecule has 108 valence electrons. The van der Waals surface area contributed by atoms with Gasteiger partial charge in [0.15, 0.2) is 0 Å². The van der Waals surface area contributed by atoms with Crippen LogP contribution in [0.2, 0.25) is 0 Å². The van der Waals surface area contributed by atoms with Gasteiger partial charge in [0.1, 0.15) is 0 Å². The van der Waals surface area contributed by atoms with Crippen molar-refractivity contribution < 1.29 is 4.79 Å². The summed E-state index contributed by atoms with van der Waals surface area (Å²) in [6.45, 7) is 10.7. The van der Waals surface area contributed by atoms with Crippen LogP contribution in [0.3, 0.4) is 0 Å². The summed E-state index contributed by atoms with van der Waals surface area (Å²) in [6, 6.07) is 0.232. The van der Waals surface area contributed by atoms with E-state index in [9.17, 15) is 4.79 Å². The van der Waals surface area contributed by atoms with E-state index in [1.807, 2.05) is 0 Å². The molecule has 5 heteroatoms. The second kappa shape index (κ2) is 7.31. The van der Waals surface area contributed by atoms with Gasteiger partial charge in [-0.1, -0.05) is 6.92 Å². The molecule has 1 amide bonds. The topological polar surface area (TPSA) is 58.4 Å². The normalized spacial score (nSPS) is 22.4. The minimum atomic E-state index is -0.0998. The molecule has 0 bridgehead atoms. The first-order valence-corrected chi connectivity index (χ1v) is 6.63. The predicted molar refractivity (Wildman–Crippen MR) is 78.0 cm³/mol. The molecule has 1 fully saturated rings. The van der Waals surface area contributed by atoms with E-state index < -0.39 is 0 Å². The van der Waals surface area contributed by atoms with Crippen LogP contribution in [0.25, 0.3) is 0 Å². The number of nitrogens with two attached hydrogens (primary N) is 1. The first-order valence-electron chi connectivity index (χ1n) is 6.63. The van der Waals surface area contributed by atoms with E-state index in [0.717, 1.165) is 25.9 Å². The largest absolute Gasteiger partial charge is 0.350 e. The number of nitrogens with zero attached hydrogens (tertiary/aromatic N) is 1. The molecule has 1 aliphatic rings. The highest BCUT2D eigenvalue weighted by molar-refractivity contribution is 5.85. The second-order valence-corrected chi connectivity index (χ2v) is 5.93. The molecular formula is C13H28ClN3O. The summed E-state index contributed by atoms with van der Waals surface area (Å²) >= 11 is 0. The predicted octanol–water partition coefficient (Wildman–Crippen LogP) is 1.38. The fourth-order valence-corrected chi connectivity index (χ4v) is 2.14. The third kappa shape index (κ3) is 5.55. The number of hydrogen-bond donors (Lipinski definition) is 2. The minimum absolute atomic E-state index is 0. The lowest BCUT2D eigenvalue weighted by Crippen LogP contribution is -2.47. The average molecular weight is 278 g/mol. The van der Waals surface area contributed by atoms with Crippen LogP contribution < -0.4 is 11.1 Å². The zero-order valence-electron chi connectivity index (χ0n) is 12.0. The third-order valence-electron chi connectivity index (χ3n) is 3.78. The number of nitrogens with one attached hydrogen (secondary N) is 1. The van der Waals surface area contributed by atoms with Gasteiger partial charge in [-0.15, -0.1) is 12.4 Å². The summed E-state index contributed by atoms with van der Waals surface area (Å²) in [5.41, 5.74) is 5.79. The van der Waals surface area contributed by atoms with Crippen LogP contribution in [0.1, 0.15) is 40.5 Å². The standard InChI is InChI=1S/C13H27N3O.ClH/c1-5-13(3,4)15-12(17)9-16-7-6-11(8-16)10(2)14;/h10-11H,5-9,14H2,1-4H3,(H,15,17);1H. The zero-order chi connectivity index (χ0) is 13.1. The Bertz CT molecular complexity index is 269. The van der Waals surface area contributed by atoms with E-state index >= 15 is 0 Å². The maximum atomic E-state index is 11.9. The zero-order valence-corrected chi connectivity index (χ0v) is 12.8. The molecule has 1 rings (SSSR count). The molecule has 0 spiro atoms. The fourth-order valence-electron chi connectivity index (χ4n) is 2.14. The Balaban J connectivity index is 0.00000289. The van der Waals surface area contributed by atoms with E-state index in [2.05, 4.69) is 37.9 Å². The molecule has 2 atom stereocenters. The van der Waals surface area contributed by atoms with Gasteiger partial charge in [-0.2, -0.15) is 0 Å². The van der Waals surface area contributed by atoms with Gasteiger partial charge in [0.25, 0.3) is 0 Å². The van der Waals surface area contributed by atoms with Crippen LogP contribution in [0.15, 0.2) is 0 Å². The number of halogens is 1. The van der Waals surface area contributed by atoms with Crippen LogP contribution in [-0.4, -0.2) is 42.0 Å². The van der Waals surface area contributed by atoms with Gasteiger partial charge in [-0.05, 0) is 46.1 Å². The molecule has 1 aliphatic heterocycles. The quantitative estimate of drug-likeness (QED) is 0.798. The SMILES string of the molecule is CCC(C)(C)NC(=O)CN1CCC(C(C)N)C1.Cl. The van der Waals surface area contributed by atoms with Crippen LogP contribution in [-0.2, 0) is 4.79 Å². The van der Waals surface area contributed by atoms with Crippen molar-refractivity contribution in [1.29, 1.82) is 0 Å². The number of carbonyl (C=O) groups is 1. The highest BCUT2D eigenvalue weighted by atomic mass is 35.5. The maximum absolute atomic E-state index is 11.9. The summed E-state index contributed by atoms with van der Waals surface area (Å²) in [6.07, 6.45) is 2.06. The molecule has 0 saturated carbocycles. The fraction of sp³-hybridized carbons (Fsp3) is 0.923. The van der Waals surface area contributed by atoms with Crippen LogP contribution >= 0.6 is 12.4 Å². The summed E-state index contributed by atoms with van der Waals surface area (Å²) in [7, 11) is 0. The van der Waals surface area contributed by atoms with E-state index in [1.165, 1.54) is 0 Å². The highest BCUT2D eigenvalue weighted by Crippen LogP contribution is 2.18. The van der Waals surface area contributed by atoms with Gasteiger partial charge < -0.3 is 11.1 Å². The molecule has 0 aromatic carbocycles. The lowest BCUT2D eigenvalue weighted by Gasteiger charge is -2.26. The van der Waals surface area contributed by atoms with Crippen LogP contribution in [0, 0.1) is 5.92 Å². The minimum Gasteiger partial charge on any atom is -0.350 e. The molecule has 0 aromatic rings. The van der Waals surface area contributed by atoms with Crippen molar-refractivity contribution in [2.24, 2.45) is 11.7 Å². The molecule has 18 heavy (non-hydrogen) atoms. The van der Waals surface area contributed by atoms with Crippen LogP contribution in [0.5, 0.6) is 0 Å². The summed E-state index contributed by atoms with van der Waals surface area (Å²) in [4.78, 5) is 14.1. The summed E-state index contributed by atoms with van der Waals surface area (Å²) in [5.74, 6) is 0.671. The number of hydrogen-bond acceptors (Lipinski definition) is 3. The number of likely N-dealkylation sites (tertiary alicyclic amines) is 1. The highest BCUT2D eigenvalue weighted by Gasteiger charge is 2.27. The molecule has 0 aliphatic carbocycles. The lowest BCUT2D eigenvalue weighted by molar-refractivity contribution is -0.123. The van der Waals surface area contributed by atoms with Crippen molar-refractivity contribution in [3.05, 3.63) is 0 Å².